The van der Waals surface area contributed by atoms with Gasteiger partial charge in [0.25, 0.3) is 0 Å². The van der Waals surface area contributed by atoms with E-state index in [0.717, 1.165) is 48.8 Å². The van der Waals surface area contributed by atoms with Crippen molar-refractivity contribution in [2.45, 2.75) is 24.9 Å². The lowest BCUT2D eigenvalue weighted by Gasteiger charge is -2.27. The summed E-state index contributed by atoms with van der Waals surface area (Å²) in [5.41, 5.74) is 1.17. The van der Waals surface area contributed by atoms with Crippen LogP contribution >= 0.6 is 0 Å². The van der Waals surface area contributed by atoms with Crippen LogP contribution in [0, 0.1) is 0 Å². The molecule has 0 amide bonds. The Morgan fingerprint density at radius 1 is 1.11 bits per heavy atom. The van der Waals surface area contributed by atoms with Crippen molar-refractivity contribution >= 4 is 10.9 Å². The Labute approximate surface area is 107 Å². The molecule has 3 heteroatoms. The largest absolute Gasteiger partial charge is 0.385 e. The second-order valence-corrected chi connectivity index (χ2v) is 5.02. The van der Waals surface area contributed by atoms with Crippen molar-refractivity contribution < 1.29 is 5.11 Å². The van der Waals surface area contributed by atoms with Crippen molar-refractivity contribution in [2.24, 2.45) is 0 Å². The summed E-state index contributed by atoms with van der Waals surface area (Å²) in [5, 5.41) is 15.4. The van der Waals surface area contributed by atoms with Gasteiger partial charge in [-0.1, -0.05) is 24.3 Å². The fraction of sp³-hybridized carbons (Fsp3) is 0.400. The molecular formula is C15H18N2O. The molecule has 1 aliphatic rings. The van der Waals surface area contributed by atoms with Crippen LogP contribution in [0.15, 0.2) is 36.5 Å². The molecule has 1 unspecified atom stereocenters. The van der Waals surface area contributed by atoms with E-state index in [1.807, 2.05) is 30.3 Å². The first kappa shape index (κ1) is 11.6. The highest BCUT2D eigenvalue weighted by atomic mass is 16.3. The summed E-state index contributed by atoms with van der Waals surface area (Å²) in [6.07, 6.45) is 4.35. The second kappa shape index (κ2) is 4.67. The molecule has 0 bridgehead atoms. The van der Waals surface area contributed by atoms with Crippen LogP contribution in [0.1, 0.15) is 24.8 Å². The van der Waals surface area contributed by atoms with Crippen LogP contribution in [0.5, 0.6) is 0 Å². The van der Waals surface area contributed by atoms with Crippen molar-refractivity contribution in [3.63, 3.8) is 0 Å². The Balaban J connectivity index is 2.12. The van der Waals surface area contributed by atoms with Crippen molar-refractivity contribution in [1.82, 2.24) is 10.3 Å². The van der Waals surface area contributed by atoms with E-state index in [0.29, 0.717) is 0 Å². The zero-order chi connectivity index (χ0) is 12.4. The lowest BCUT2D eigenvalue weighted by atomic mass is 9.85. The van der Waals surface area contributed by atoms with E-state index in [1.54, 1.807) is 6.20 Å². The highest BCUT2D eigenvalue weighted by Crippen LogP contribution is 2.34. The minimum atomic E-state index is -0.739. The predicted octanol–water partition coefficient (Wildman–Crippen LogP) is 2.20. The summed E-state index contributed by atoms with van der Waals surface area (Å²) < 4.78 is 0. The Morgan fingerprint density at radius 2 is 2.00 bits per heavy atom. The van der Waals surface area contributed by atoms with Gasteiger partial charge in [0.15, 0.2) is 0 Å². The standard InChI is InChI=1S/C15H18N2O/c18-15(7-3-9-16-11-8-15)13-6-1-4-12-5-2-10-17-14(12)13/h1-2,4-6,10,16,18H,3,7-9,11H2. The number of rotatable bonds is 1. The van der Waals surface area contributed by atoms with E-state index >= 15 is 0 Å². The van der Waals surface area contributed by atoms with Gasteiger partial charge < -0.3 is 10.4 Å². The zero-order valence-electron chi connectivity index (χ0n) is 10.4. The summed E-state index contributed by atoms with van der Waals surface area (Å²) in [7, 11) is 0. The van der Waals surface area contributed by atoms with Gasteiger partial charge >= 0.3 is 0 Å². The van der Waals surface area contributed by atoms with Gasteiger partial charge in [0.05, 0.1) is 11.1 Å². The van der Waals surface area contributed by atoms with E-state index in [4.69, 9.17) is 0 Å². The molecule has 2 heterocycles. The van der Waals surface area contributed by atoms with Crippen molar-refractivity contribution in [2.75, 3.05) is 13.1 Å². The van der Waals surface area contributed by atoms with Gasteiger partial charge in [0, 0.05) is 17.1 Å². The molecule has 2 N–H and O–H groups in total. The molecule has 1 aliphatic heterocycles. The molecule has 2 aromatic rings. The van der Waals surface area contributed by atoms with E-state index in [1.165, 1.54) is 0 Å². The molecule has 94 valence electrons. The van der Waals surface area contributed by atoms with Crippen LogP contribution in [0.2, 0.25) is 0 Å². The lowest BCUT2D eigenvalue weighted by Crippen LogP contribution is -2.27. The minimum Gasteiger partial charge on any atom is -0.385 e. The lowest BCUT2D eigenvalue weighted by molar-refractivity contribution is 0.0253. The van der Waals surface area contributed by atoms with Crippen molar-refractivity contribution in [3.05, 3.63) is 42.1 Å². The monoisotopic (exact) mass is 242 g/mol. The molecule has 1 saturated heterocycles. The number of pyridine rings is 1. The smallest absolute Gasteiger partial charge is 0.0930 e. The average molecular weight is 242 g/mol. The first-order valence-corrected chi connectivity index (χ1v) is 6.57. The normalized spacial score (nSPS) is 24.9. The summed E-state index contributed by atoms with van der Waals surface area (Å²) in [6, 6.07) is 10.1. The Kier molecular flexibility index (Phi) is 3.02. The summed E-state index contributed by atoms with van der Waals surface area (Å²) in [5.74, 6) is 0. The number of nitrogens with zero attached hydrogens (tertiary/aromatic N) is 1. The molecule has 0 spiro atoms. The first-order valence-electron chi connectivity index (χ1n) is 6.57. The van der Waals surface area contributed by atoms with Crippen molar-refractivity contribution in [1.29, 1.82) is 0 Å². The predicted molar refractivity (Wildman–Crippen MR) is 72.4 cm³/mol. The van der Waals surface area contributed by atoms with Gasteiger partial charge in [-0.3, -0.25) is 4.98 Å². The Morgan fingerprint density at radius 3 is 2.94 bits per heavy atom. The molecule has 0 saturated carbocycles. The Hall–Kier alpha value is -1.45. The van der Waals surface area contributed by atoms with E-state index in [-0.39, 0.29) is 0 Å². The summed E-state index contributed by atoms with van der Waals surface area (Å²) in [6.45, 7) is 1.85. The van der Waals surface area contributed by atoms with E-state index in [9.17, 15) is 5.11 Å². The van der Waals surface area contributed by atoms with Crippen LogP contribution in [-0.2, 0) is 5.60 Å². The number of benzene rings is 1. The SMILES string of the molecule is OC1(c2cccc3cccnc23)CCCNCC1. The highest BCUT2D eigenvalue weighted by molar-refractivity contribution is 5.82. The number of nitrogens with one attached hydrogen (secondary N) is 1. The van der Waals surface area contributed by atoms with Gasteiger partial charge in [-0.05, 0) is 38.4 Å². The topological polar surface area (TPSA) is 45.2 Å². The molecule has 0 radical (unpaired) electrons. The fourth-order valence-corrected chi connectivity index (χ4v) is 2.80. The maximum absolute atomic E-state index is 10.9. The minimum absolute atomic E-state index is 0.739. The van der Waals surface area contributed by atoms with E-state index < -0.39 is 5.60 Å². The molecule has 3 nitrogen and oxygen atoms in total. The Bertz CT molecular complexity index is 540. The third-order valence-corrected chi connectivity index (χ3v) is 3.79. The average Bonchev–Trinajstić information content (AvgIpc) is 2.64. The molecule has 1 aromatic carbocycles. The molecule has 0 aliphatic carbocycles. The van der Waals surface area contributed by atoms with Gasteiger partial charge in [-0.2, -0.15) is 0 Å². The molecule has 1 fully saturated rings. The van der Waals surface area contributed by atoms with Crippen LogP contribution < -0.4 is 5.32 Å². The second-order valence-electron chi connectivity index (χ2n) is 5.02. The first-order chi connectivity index (χ1) is 8.80. The number of para-hydroxylation sites is 1. The quantitative estimate of drug-likeness (QED) is 0.805. The third-order valence-electron chi connectivity index (χ3n) is 3.79. The molecule has 3 rings (SSSR count). The highest BCUT2D eigenvalue weighted by Gasteiger charge is 2.31. The number of hydrogen-bond acceptors (Lipinski definition) is 3. The number of fused-ring (bicyclic) bond motifs is 1. The van der Waals surface area contributed by atoms with Crippen LogP contribution in [0.3, 0.4) is 0 Å². The zero-order valence-corrected chi connectivity index (χ0v) is 10.4. The van der Waals surface area contributed by atoms with Crippen LogP contribution in [-0.4, -0.2) is 23.2 Å². The van der Waals surface area contributed by atoms with Gasteiger partial charge in [0.2, 0.25) is 0 Å². The number of aromatic nitrogens is 1. The fourth-order valence-electron chi connectivity index (χ4n) is 2.80. The third kappa shape index (κ3) is 2.00. The van der Waals surface area contributed by atoms with Gasteiger partial charge in [-0.25, -0.2) is 0 Å². The van der Waals surface area contributed by atoms with Gasteiger partial charge in [-0.15, -0.1) is 0 Å². The molecule has 1 atom stereocenters. The number of aliphatic hydroxyl groups is 1. The van der Waals surface area contributed by atoms with Crippen LogP contribution in [0.4, 0.5) is 0 Å². The number of hydrogen-bond donors (Lipinski definition) is 2. The molecule has 18 heavy (non-hydrogen) atoms. The van der Waals surface area contributed by atoms with Crippen molar-refractivity contribution in [3.8, 4) is 0 Å². The van der Waals surface area contributed by atoms with Crippen LogP contribution in [0.25, 0.3) is 10.9 Å². The molecule has 1 aromatic heterocycles. The summed E-state index contributed by atoms with van der Waals surface area (Å²) in [4.78, 5) is 4.45. The maximum atomic E-state index is 10.9. The van der Waals surface area contributed by atoms with Gasteiger partial charge in [0.1, 0.15) is 0 Å². The molecular weight excluding hydrogens is 224 g/mol. The maximum Gasteiger partial charge on any atom is 0.0930 e. The summed E-state index contributed by atoms with van der Waals surface area (Å²) >= 11 is 0. The van der Waals surface area contributed by atoms with E-state index in [2.05, 4.69) is 10.3 Å².